The van der Waals surface area contributed by atoms with Gasteiger partial charge >= 0.3 is 0 Å². The Morgan fingerprint density at radius 3 is 2.29 bits per heavy atom. The zero-order valence-corrected chi connectivity index (χ0v) is 32.2. The number of rotatable bonds is 10. The smallest absolute Gasteiger partial charge is 0.0777 e. The second-order valence-electron chi connectivity index (χ2n) is 14.3. The zero-order chi connectivity index (χ0) is 38.8. The molecular weight excluding hydrogens is 681 g/mol. The number of aromatic nitrogens is 2. The number of allylic oxidation sites excluding steroid dienone is 7. The summed E-state index contributed by atoms with van der Waals surface area (Å²) in [5, 5.41) is 7.42. The van der Waals surface area contributed by atoms with Gasteiger partial charge in [0, 0.05) is 40.0 Å². The van der Waals surface area contributed by atoms with E-state index in [1.54, 1.807) is 6.08 Å². The standard InChI is InChI=1S/C52H44N4/c1-7-16-33(4)50-48-34(5)46-42-22-13-14-23-44(42)55-52(38-26-28-53-29-27-38)49(46)35(6)47(48)43-25-24-40(31-45(43)56-50)39-20-15-21-41(30-39)51(37(9-3)17-8-2)54-32-36-18-11-10-12-19-36/h7-31,52,55H,1-3,32H2,4-6H3/b33-16+,37-17+,54-51-. The van der Waals surface area contributed by atoms with Crippen molar-refractivity contribution in [3.63, 3.8) is 0 Å². The van der Waals surface area contributed by atoms with Crippen LogP contribution in [0.15, 0.2) is 182 Å². The molecular formula is C52H44N4. The molecule has 1 aliphatic rings. The van der Waals surface area contributed by atoms with Crippen molar-refractivity contribution in [2.24, 2.45) is 4.99 Å². The zero-order valence-electron chi connectivity index (χ0n) is 32.2. The molecule has 4 heteroatoms. The van der Waals surface area contributed by atoms with Crippen molar-refractivity contribution in [2.45, 2.75) is 33.4 Å². The van der Waals surface area contributed by atoms with Crippen molar-refractivity contribution in [3.8, 4) is 22.3 Å². The highest BCUT2D eigenvalue weighted by atomic mass is 14.9. The minimum atomic E-state index is -0.0437. The van der Waals surface area contributed by atoms with Crippen LogP contribution in [0.25, 0.3) is 49.5 Å². The number of aliphatic imine (C=N–C) groups is 1. The molecule has 0 radical (unpaired) electrons. The molecule has 1 N–H and O–H groups in total. The number of benzene rings is 5. The third-order valence-corrected chi connectivity index (χ3v) is 10.9. The predicted octanol–water partition coefficient (Wildman–Crippen LogP) is 13.1. The molecule has 56 heavy (non-hydrogen) atoms. The Morgan fingerprint density at radius 1 is 0.768 bits per heavy atom. The fourth-order valence-electron chi connectivity index (χ4n) is 8.28. The molecule has 0 fully saturated rings. The van der Waals surface area contributed by atoms with Gasteiger partial charge in [-0.3, -0.25) is 9.98 Å². The van der Waals surface area contributed by atoms with E-state index in [1.165, 1.54) is 44.2 Å². The maximum absolute atomic E-state index is 5.48. The Balaban J connectivity index is 1.35. The molecule has 1 atom stereocenters. The van der Waals surface area contributed by atoms with Gasteiger partial charge in [0.25, 0.3) is 0 Å². The van der Waals surface area contributed by atoms with Crippen LogP contribution in [0, 0.1) is 13.8 Å². The second-order valence-corrected chi connectivity index (χ2v) is 14.3. The molecule has 1 aliphatic heterocycles. The highest BCUT2D eigenvalue weighted by Gasteiger charge is 2.31. The SMILES string of the molecule is C=C/C=C(C=C)/C(=N/Cc1ccccc1)c1cccc(-c2ccc3c(c2)nc(/C(C)=C/C=C)c2c(C)c4c(c(C)c23)C(c2ccncc2)Nc2ccccc2-4)c1. The minimum absolute atomic E-state index is 0.0437. The molecule has 3 heterocycles. The Hall–Kier alpha value is -6.91. The van der Waals surface area contributed by atoms with Crippen LogP contribution in [-0.4, -0.2) is 15.7 Å². The van der Waals surface area contributed by atoms with Crippen molar-refractivity contribution in [1.82, 2.24) is 9.97 Å². The Labute approximate surface area is 329 Å². The van der Waals surface area contributed by atoms with E-state index in [2.05, 4.69) is 148 Å². The molecule has 0 saturated heterocycles. The van der Waals surface area contributed by atoms with E-state index < -0.39 is 0 Å². The molecule has 7 aromatic rings. The summed E-state index contributed by atoms with van der Waals surface area (Å²) in [7, 11) is 0. The van der Waals surface area contributed by atoms with Crippen LogP contribution >= 0.6 is 0 Å². The first-order chi connectivity index (χ1) is 27.4. The van der Waals surface area contributed by atoms with E-state index >= 15 is 0 Å². The van der Waals surface area contributed by atoms with Gasteiger partial charge in [-0.1, -0.05) is 129 Å². The summed E-state index contributed by atoms with van der Waals surface area (Å²) >= 11 is 0. The molecule has 0 spiro atoms. The molecule has 2 aromatic heterocycles. The van der Waals surface area contributed by atoms with Crippen LogP contribution in [0.2, 0.25) is 0 Å². The number of hydrogen-bond donors (Lipinski definition) is 1. The predicted molar refractivity (Wildman–Crippen MR) is 238 cm³/mol. The molecule has 4 nitrogen and oxygen atoms in total. The van der Waals surface area contributed by atoms with Crippen LogP contribution in [0.4, 0.5) is 5.69 Å². The largest absolute Gasteiger partial charge is 0.374 e. The summed E-state index contributed by atoms with van der Waals surface area (Å²) in [6.07, 6.45) is 13.3. The molecule has 272 valence electrons. The van der Waals surface area contributed by atoms with E-state index in [0.717, 1.165) is 61.4 Å². The van der Waals surface area contributed by atoms with Crippen LogP contribution in [-0.2, 0) is 6.54 Å². The summed E-state index contributed by atoms with van der Waals surface area (Å²) in [6, 6.07) is 38.4. The van der Waals surface area contributed by atoms with Gasteiger partial charge in [-0.05, 0) is 112 Å². The molecule has 0 aliphatic carbocycles. The fourth-order valence-corrected chi connectivity index (χ4v) is 8.28. The van der Waals surface area contributed by atoms with E-state index in [-0.39, 0.29) is 6.04 Å². The maximum atomic E-state index is 5.48. The number of anilines is 1. The average Bonchev–Trinajstić information content (AvgIpc) is 3.24. The summed E-state index contributed by atoms with van der Waals surface area (Å²) < 4.78 is 0. The lowest BCUT2D eigenvalue weighted by molar-refractivity contribution is 0.914. The first-order valence-electron chi connectivity index (χ1n) is 19.0. The number of fused-ring (bicyclic) bond motifs is 6. The normalized spacial score (nSPS) is 14.2. The molecule has 0 bridgehead atoms. The van der Waals surface area contributed by atoms with Crippen LogP contribution in [0.1, 0.15) is 52.0 Å². The maximum Gasteiger partial charge on any atom is 0.0777 e. The van der Waals surface area contributed by atoms with Gasteiger partial charge < -0.3 is 5.32 Å². The number of para-hydroxylation sites is 1. The Kier molecular flexibility index (Phi) is 9.95. The van der Waals surface area contributed by atoms with Gasteiger partial charge in [-0.25, -0.2) is 4.98 Å². The molecule has 8 rings (SSSR count). The van der Waals surface area contributed by atoms with Gasteiger partial charge in [0.1, 0.15) is 0 Å². The highest BCUT2D eigenvalue weighted by Crippen LogP contribution is 2.50. The van der Waals surface area contributed by atoms with Gasteiger partial charge in [0.15, 0.2) is 0 Å². The monoisotopic (exact) mass is 724 g/mol. The molecule has 5 aromatic carbocycles. The summed E-state index contributed by atoms with van der Waals surface area (Å²) in [6.45, 7) is 19.3. The molecule has 0 amide bonds. The Bertz CT molecular complexity index is 2770. The highest BCUT2D eigenvalue weighted by molar-refractivity contribution is 6.16. The van der Waals surface area contributed by atoms with Crippen molar-refractivity contribution in [3.05, 3.63) is 216 Å². The first-order valence-corrected chi connectivity index (χ1v) is 19.0. The van der Waals surface area contributed by atoms with Gasteiger partial charge in [-0.15, -0.1) is 0 Å². The van der Waals surface area contributed by atoms with Crippen molar-refractivity contribution in [2.75, 3.05) is 5.32 Å². The van der Waals surface area contributed by atoms with Gasteiger partial charge in [0.05, 0.1) is 29.5 Å². The lowest BCUT2D eigenvalue weighted by Crippen LogP contribution is -2.20. The number of nitrogens with zero attached hydrogens (tertiary/aromatic N) is 3. The lowest BCUT2D eigenvalue weighted by atomic mass is 9.78. The van der Waals surface area contributed by atoms with Crippen LogP contribution in [0.5, 0.6) is 0 Å². The number of pyridine rings is 2. The van der Waals surface area contributed by atoms with Crippen LogP contribution in [0.3, 0.4) is 0 Å². The van der Waals surface area contributed by atoms with E-state index in [0.29, 0.717) is 6.54 Å². The van der Waals surface area contributed by atoms with Gasteiger partial charge in [0.2, 0.25) is 0 Å². The van der Waals surface area contributed by atoms with Crippen LogP contribution < -0.4 is 5.32 Å². The van der Waals surface area contributed by atoms with Crippen molar-refractivity contribution < 1.29 is 0 Å². The third kappa shape index (κ3) is 6.50. The fraction of sp³-hybridized carbons (Fsp3) is 0.0962. The lowest BCUT2D eigenvalue weighted by Gasteiger charge is -2.34. The topological polar surface area (TPSA) is 50.2 Å². The average molecular weight is 725 g/mol. The van der Waals surface area contributed by atoms with Crippen molar-refractivity contribution in [1.29, 1.82) is 0 Å². The first kappa shape index (κ1) is 36.1. The molecule has 1 unspecified atom stereocenters. The number of aryl methyl sites for hydroxylation is 2. The van der Waals surface area contributed by atoms with E-state index in [1.807, 2.05) is 48.8 Å². The molecule has 0 saturated carbocycles. The van der Waals surface area contributed by atoms with Crippen molar-refractivity contribution >= 4 is 38.6 Å². The summed E-state index contributed by atoms with van der Waals surface area (Å²) in [4.78, 5) is 14.9. The second kappa shape index (κ2) is 15.4. The summed E-state index contributed by atoms with van der Waals surface area (Å²) in [5.41, 5.74) is 17.6. The van der Waals surface area contributed by atoms with E-state index in [4.69, 9.17) is 9.98 Å². The number of hydrogen-bond acceptors (Lipinski definition) is 4. The van der Waals surface area contributed by atoms with Gasteiger partial charge in [-0.2, -0.15) is 0 Å². The third-order valence-electron chi connectivity index (χ3n) is 10.9. The number of nitrogens with one attached hydrogen (secondary N) is 1. The summed E-state index contributed by atoms with van der Waals surface area (Å²) in [5.74, 6) is 0. The Morgan fingerprint density at radius 2 is 1.52 bits per heavy atom. The quantitative estimate of drug-likeness (QED) is 0.0868. The minimum Gasteiger partial charge on any atom is -0.374 e. The van der Waals surface area contributed by atoms with E-state index in [9.17, 15) is 0 Å².